The maximum Gasteiger partial charge on any atom is 0.408 e. The van der Waals surface area contributed by atoms with Crippen molar-refractivity contribution >= 4 is 45.3 Å². The smallest absolute Gasteiger partial charge is 0.408 e. The van der Waals surface area contributed by atoms with Crippen LogP contribution in [0.3, 0.4) is 0 Å². The third kappa shape index (κ3) is 6.19. The molecule has 0 saturated carbocycles. The van der Waals surface area contributed by atoms with E-state index < -0.39 is 35.4 Å². The van der Waals surface area contributed by atoms with Crippen LogP contribution in [0.1, 0.15) is 17.5 Å². The van der Waals surface area contributed by atoms with Gasteiger partial charge in [0, 0.05) is 17.1 Å². The molecule has 0 saturated heterocycles. The van der Waals surface area contributed by atoms with Gasteiger partial charge in [0.25, 0.3) is 5.69 Å². The monoisotopic (exact) mass is 531 g/mol. The van der Waals surface area contributed by atoms with Gasteiger partial charge in [-0.3, -0.25) is 14.9 Å². The highest BCUT2D eigenvalue weighted by Gasteiger charge is 2.35. The molecule has 0 unspecified atom stereocenters. The number of hydrogen-bond donors (Lipinski definition) is 1. The summed E-state index contributed by atoms with van der Waals surface area (Å²) in [6.07, 6.45) is 0.388. The van der Waals surface area contributed by atoms with Gasteiger partial charge in [0.2, 0.25) is 5.91 Å². The summed E-state index contributed by atoms with van der Waals surface area (Å²) in [4.78, 5) is 50.1. The summed E-state index contributed by atoms with van der Waals surface area (Å²) >= 11 is 3.24. The van der Waals surface area contributed by atoms with Crippen molar-refractivity contribution in [2.45, 2.75) is 25.5 Å². The van der Waals surface area contributed by atoms with Crippen molar-refractivity contribution in [2.24, 2.45) is 0 Å². The zero-order chi connectivity index (χ0) is 24.7. The van der Waals surface area contributed by atoms with E-state index in [1.165, 1.54) is 17.0 Å². The number of carbonyl (C=O) groups is 3. The number of alkyl carbamates (subject to hydrolysis) is 1. The number of esters is 1. The lowest BCUT2D eigenvalue weighted by Gasteiger charge is -2.21. The number of nitrogens with zero attached hydrogens (tertiary/aromatic N) is 2. The highest BCUT2D eigenvalue weighted by molar-refractivity contribution is 9.10. The first-order chi connectivity index (χ1) is 16.3. The molecule has 2 aromatic rings. The van der Waals surface area contributed by atoms with Crippen LogP contribution in [0.15, 0.2) is 59.6 Å². The van der Waals surface area contributed by atoms with Gasteiger partial charge in [0.1, 0.15) is 24.9 Å². The van der Waals surface area contributed by atoms with E-state index in [1.807, 2.05) is 6.07 Å². The number of carbonyl (C=O) groups excluding carboxylic acids is 3. The summed E-state index contributed by atoms with van der Waals surface area (Å²) in [5.41, 5.74) is 1.33. The number of nitro benzene ring substituents is 1. The zero-order valence-electron chi connectivity index (χ0n) is 18.1. The first-order valence-corrected chi connectivity index (χ1v) is 11.1. The standard InChI is InChI=1S/C23H22BrN3O7/c1-2-10-33-22(29)18(25-23(30)34-14-15-6-4-3-5-7-15)13-20(28)26-9-8-16-11-17(24)12-19(21(16)26)27(31)32/h2-7,11-12,18H,1,8-10,13-14H2,(H,25,30)/t18-/m0/s1. The van der Waals surface area contributed by atoms with Crippen molar-refractivity contribution in [2.75, 3.05) is 18.1 Å². The molecule has 0 spiro atoms. The molecule has 3 rings (SSSR count). The van der Waals surface area contributed by atoms with Crippen LogP contribution in [-0.2, 0) is 32.1 Å². The van der Waals surface area contributed by atoms with E-state index in [1.54, 1.807) is 30.3 Å². The normalized spacial score (nSPS) is 12.9. The summed E-state index contributed by atoms with van der Waals surface area (Å²) in [5.74, 6) is -1.43. The molecule has 0 aromatic heterocycles. The summed E-state index contributed by atoms with van der Waals surface area (Å²) in [6.45, 7) is 3.53. The van der Waals surface area contributed by atoms with Crippen LogP contribution >= 0.6 is 15.9 Å². The van der Waals surface area contributed by atoms with Crippen molar-refractivity contribution < 1.29 is 28.8 Å². The lowest BCUT2D eigenvalue weighted by Crippen LogP contribution is -2.46. The largest absolute Gasteiger partial charge is 0.460 e. The molecule has 178 valence electrons. The predicted octanol–water partition coefficient (Wildman–Crippen LogP) is 3.66. The van der Waals surface area contributed by atoms with E-state index in [4.69, 9.17) is 9.47 Å². The molecule has 1 atom stereocenters. The number of amides is 2. The maximum atomic E-state index is 13.1. The Bertz CT molecular complexity index is 1110. The van der Waals surface area contributed by atoms with Gasteiger partial charge in [-0.2, -0.15) is 0 Å². The van der Waals surface area contributed by atoms with Crippen LogP contribution in [0.2, 0.25) is 0 Å². The van der Waals surface area contributed by atoms with Crippen LogP contribution in [0, 0.1) is 10.1 Å². The van der Waals surface area contributed by atoms with Crippen LogP contribution < -0.4 is 10.2 Å². The second kappa shape index (κ2) is 11.4. The van der Waals surface area contributed by atoms with Gasteiger partial charge in [-0.25, -0.2) is 9.59 Å². The Hall–Kier alpha value is -3.73. The fraction of sp³-hybridized carbons (Fsp3) is 0.261. The Morgan fingerprint density at radius 1 is 1.24 bits per heavy atom. The van der Waals surface area contributed by atoms with Crippen molar-refractivity contribution in [3.8, 4) is 0 Å². The molecule has 1 aliphatic heterocycles. The van der Waals surface area contributed by atoms with Crippen molar-refractivity contribution in [1.82, 2.24) is 5.32 Å². The highest BCUT2D eigenvalue weighted by atomic mass is 79.9. The van der Waals surface area contributed by atoms with Crippen molar-refractivity contribution in [3.63, 3.8) is 0 Å². The van der Waals surface area contributed by atoms with Crippen LogP contribution in [0.5, 0.6) is 0 Å². The van der Waals surface area contributed by atoms with E-state index in [0.717, 1.165) is 5.56 Å². The molecule has 1 aliphatic rings. The summed E-state index contributed by atoms with van der Waals surface area (Å²) < 4.78 is 10.7. The van der Waals surface area contributed by atoms with E-state index >= 15 is 0 Å². The second-order valence-electron chi connectivity index (χ2n) is 7.37. The first-order valence-electron chi connectivity index (χ1n) is 10.3. The molecule has 1 N–H and O–H groups in total. The molecule has 0 aliphatic carbocycles. The molecule has 0 bridgehead atoms. The number of hydrogen-bond acceptors (Lipinski definition) is 7. The van der Waals surface area contributed by atoms with Gasteiger partial charge in [-0.1, -0.05) is 58.9 Å². The minimum absolute atomic E-state index is 0.0321. The molecule has 0 radical (unpaired) electrons. The lowest BCUT2D eigenvalue weighted by atomic mass is 10.1. The van der Waals surface area contributed by atoms with Gasteiger partial charge in [-0.15, -0.1) is 0 Å². The summed E-state index contributed by atoms with van der Waals surface area (Å²) in [7, 11) is 0. The van der Waals surface area contributed by atoms with Gasteiger partial charge >= 0.3 is 12.1 Å². The molecule has 10 nitrogen and oxygen atoms in total. The molecule has 0 fully saturated rings. The third-order valence-electron chi connectivity index (χ3n) is 5.02. The zero-order valence-corrected chi connectivity index (χ0v) is 19.7. The third-order valence-corrected chi connectivity index (χ3v) is 5.48. The molecule has 2 aromatic carbocycles. The highest BCUT2D eigenvalue weighted by Crippen LogP contribution is 2.39. The maximum absolute atomic E-state index is 13.1. The fourth-order valence-corrected chi connectivity index (χ4v) is 3.99. The number of nitrogens with one attached hydrogen (secondary N) is 1. The number of ether oxygens (including phenoxy) is 2. The Balaban J connectivity index is 1.73. The number of fused-ring (bicyclic) bond motifs is 1. The minimum atomic E-state index is -1.35. The average Bonchev–Trinajstić information content (AvgIpc) is 3.24. The van der Waals surface area contributed by atoms with Crippen LogP contribution in [-0.4, -0.2) is 42.1 Å². The molecule has 2 amide bonds. The Morgan fingerprint density at radius 2 is 1.97 bits per heavy atom. The lowest BCUT2D eigenvalue weighted by molar-refractivity contribution is -0.384. The van der Waals surface area contributed by atoms with Gasteiger partial charge in [0.05, 0.1) is 11.3 Å². The number of benzene rings is 2. The Morgan fingerprint density at radius 3 is 2.65 bits per heavy atom. The Labute approximate surface area is 203 Å². The quantitative estimate of drug-likeness (QED) is 0.226. The molecule has 34 heavy (non-hydrogen) atoms. The van der Waals surface area contributed by atoms with Gasteiger partial charge in [-0.05, 0) is 23.6 Å². The van der Waals surface area contributed by atoms with Crippen LogP contribution in [0.4, 0.5) is 16.2 Å². The number of nitro groups is 1. The van der Waals surface area contributed by atoms with Gasteiger partial charge in [0.15, 0.2) is 0 Å². The van der Waals surface area contributed by atoms with Crippen molar-refractivity contribution in [1.29, 1.82) is 0 Å². The number of anilines is 1. The summed E-state index contributed by atoms with van der Waals surface area (Å²) in [5, 5.41) is 13.9. The number of rotatable bonds is 9. The van der Waals surface area contributed by atoms with E-state index in [-0.39, 0.29) is 31.1 Å². The minimum Gasteiger partial charge on any atom is -0.460 e. The number of halogens is 1. The van der Waals surface area contributed by atoms with E-state index in [9.17, 15) is 24.5 Å². The molecule has 11 heteroatoms. The molecule has 1 heterocycles. The fourth-order valence-electron chi connectivity index (χ4n) is 3.50. The van der Waals surface area contributed by atoms with Crippen LogP contribution in [0.25, 0.3) is 0 Å². The predicted molar refractivity (Wildman–Crippen MR) is 126 cm³/mol. The second-order valence-corrected chi connectivity index (χ2v) is 8.28. The topological polar surface area (TPSA) is 128 Å². The molecular formula is C23H22BrN3O7. The van der Waals surface area contributed by atoms with E-state index in [2.05, 4.69) is 27.8 Å². The van der Waals surface area contributed by atoms with Crippen molar-refractivity contribution in [3.05, 3.63) is 80.8 Å². The SMILES string of the molecule is C=CCOC(=O)[C@H](CC(=O)N1CCc2cc(Br)cc([N+](=O)[O-])c21)NC(=O)OCc1ccccc1. The Kier molecular flexibility index (Phi) is 8.36. The molecular weight excluding hydrogens is 510 g/mol. The average molecular weight is 532 g/mol. The first kappa shape index (κ1) is 24.9. The van der Waals surface area contributed by atoms with Gasteiger partial charge < -0.3 is 19.7 Å². The summed E-state index contributed by atoms with van der Waals surface area (Å²) in [6, 6.07) is 10.6. The van der Waals surface area contributed by atoms with E-state index in [0.29, 0.717) is 16.5 Å².